The highest BCUT2D eigenvalue weighted by molar-refractivity contribution is 7.98. The van der Waals surface area contributed by atoms with Crippen LogP contribution >= 0.6 is 11.8 Å². The Bertz CT molecular complexity index is 292. The molecule has 0 aromatic heterocycles. The van der Waals surface area contributed by atoms with E-state index in [1.165, 1.54) is 16.7 Å². The summed E-state index contributed by atoms with van der Waals surface area (Å²) < 4.78 is 0. The van der Waals surface area contributed by atoms with Gasteiger partial charge in [0.15, 0.2) is 0 Å². The molecule has 0 aliphatic heterocycles. The van der Waals surface area contributed by atoms with E-state index >= 15 is 0 Å². The van der Waals surface area contributed by atoms with Crippen LogP contribution in [0.4, 0.5) is 0 Å². The van der Waals surface area contributed by atoms with Crippen LogP contribution in [0.2, 0.25) is 0 Å². The molecule has 0 aliphatic rings. The fraction of sp³-hybridized carbons (Fsp3) is 0.500. The van der Waals surface area contributed by atoms with Crippen molar-refractivity contribution in [3.8, 4) is 0 Å². The standard InChI is InChI=1S/C12H18O2S/c1-9-3-10(2)5-11(4-9)7-15-8-12(14)6-13/h3-5,12-14H,6-8H2,1-2H3. The van der Waals surface area contributed by atoms with Crippen LogP contribution in [0.15, 0.2) is 18.2 Å². The molecule has 0 spiro atoms. The van der Waals surface area contributed by atoms with E-state index in [4.69, 9.17) is 5.11 Å². The van der Waals surface area contributed by atoms with Gasteiger partial charge >= 0.3 is 0 Å². The number of hydrogen-bond acceptors (Lipinski definition) is 3. The fourth-order valence-electron chi connectivity index (χ4n) is 1.52. The van der Waals surface area contributed by atoms with Crippen molar-refractivity contribution in [2.45, 2.75) is 25.7 Å². The summed E-state index contributed by atoms with van der Waals surface area (Å²) in [5.74, 6) is 1.48. The lowest BCUT2D eigenvalue weighted by Gasteiger charge is -2.07. The van der Waals surface area contributed by atoms with Gasteiger partial charge in [-0.15, -0.1) is 0 Å². The molecular formula is C12H18O2S. The quantitative estimate of drug-likeness (QED) is 0.805. The van der Waals surface area contributed by atoms with Crippen LogP contribution in [0, 0.1) is 13.8 Å². The molecule has 0 radical (unpaired) electrons. The minimum atomic E-state index is -0.596. The summed E-state index contributed by atoms with van der Waals surface area (Å²) in [6, 6.07) is 6.47. The first-order chi connectivity index (χ1) is 7.11. The first-order valence-electron chi connectivity index (χ1n) is 5.05. The Morgan fingerprint density at radius 2 is 1.80 bits per heavy atom. The zero-order valence-electron chi connectivity index (χ0n) is 9.23. The Kier molecular flexibility index (Phi) is 5.15. The van der Waals surface area contributed by atoms with Crippen LogP contribution in [-0.2, 0) is 5.75 Å². The van der Waals surface area contributed by atoms with Crippen molar-refractivity contribution in [3.63, 3.8) is 0 Å². The van der Waals surface area contributed by atoms with Crippen molar-refractivity contribution in [2.75, 3.05) is 12.4 Å². The Morgan fingerprint density at radius 3 is 2.33 bits per heavy atom. The molecule has 2 nitrogen and oxygen atoms in total. The van der Waals surface area contributed by atoms with Gasteiger partial charge in [0, 0.05) is 11.5 Å². The second-order valence-electron chi connectivity index (χ2n) is 3.85. The number of benzene rings is 1. The molecule has 0 aliphatic carbocycles. The van der Waals surface area contributed by atoms with Crippen molar-refractivity contribution < 1.29 is 10.2 Å². The lowest BCUT2D eigenvalue weighted by Crippen LogP contribution is -2.14. The third-order valence-electron chi connectivity index (χ3n) is 2.07. The van der Waals surface area contributed by atoms with Gasteiger partial charge < -0.3 is 10.2 Å². The van der Waals surface area contributed by atoms with E-state index in [0.29, 0.717) is 5.75 Å². The SMILES string of the molecule is Cc1cc(C)cc(CSCC(O)CO)c1. The van der Waals surface area contributed by atoms with Gasteiger partial charge in [0.2, 0.25) is 0 Å². The van der Waals surface area contributed by atoms with E-state index < -0.39 is 6.10 Å². The van der Waals surface area contributed by atoms with Gasteiger partial charge in [-0.1, -0.05) is 29.3 Å². The molecule has 15 heavy (non-hydrogen) atoms. The number of aryl methyl sites for hydroxylation is 2. The van der Waals surface area contributed by atoms with Crippen molar-refractivity contribution in [1.29, 1.82) is 0 Å². The van der Waals surface area contributed by atoms with E-state index in [2.05, 4.69) is 32.0 Å². The molecule has 1 aromatic carbocycles. The maximum Gasteiger partial charge on any atom is 0.0861 e. The molecule has 0 saturated carbocycles. The van der Waals surface area contributed by atoms with Gasteiger partial charge in [0.25, 0.3) is 0 Å². The number of hydrogen-bond donors (Lipinski definition) is 2. The lowest BCUT2D eigenvalue weighted by molar-refractivity contribution is 0.113. The molecule has 1 aromatic rings. The number of rotatable bonds is 5. The van der Waals surface area contributed by atoms with Crippen LogP contribution in [0.1, 0.15) is 16.7 Å². The normalized spacial score (nSPS) is 12.8. The molecule has 0 saturated heterocycles. The third-order valence-corrected chi connectivity index (χ3v) is 3.23. The average molecular weight is 226 g/mol. The second kappa shape index (κ2) is 6.16. The molecule has 0 heterocycles. The molecule has 0 bridgehead atoms. The number of aliphatic hydroxyl groups excluding tert-OH is 2. The summed E-state index contributed by atoms with van der Waals surface area (Å²) in [5.41, 5.74) is 3.82. The summed E-state index contributed by atoms with van der Waals surface area (Å²) in [5, 5.41) is 17.8. The molecule has 1 atom stereocenters. The zero-order chi connectivity index (χ0) is 11.3. The van der Waals surface area contributed by atoms with Gasteiger partial charge in [-0.2, -0.15) is 11.8 Å². The van der Waals surface area contributed by atoms with Gasteiger partial charge in [-0.05, 0) is 19.4 Å². The van der Waals surface area contributed by atoms with Crippen LogP contribution < -0.4 is 0 Å². The topological polar surface area (TPSA) is 40.5 Å². The molecular weight excluding hydrogens is 208 g/mol. The molecule has 0 fully saturated rings. The Hall–Kier alpha value is -0.510. The van der Waals surface area contributed by atoms with E-state index in [1.54, 1.807) is 11.8 Å². The Morgan fingerprint density at radius 1 is 1.20 bits per heavy atom. The Labute approximate surface area is 95.3 Å². The number of thioether (sulfide) groups is 1. The summed E-state index contributed by atoms with van der Waals surface area (Å²) >= 11 is 1.65. The third kappa shape index (κ3) is 4.69. The van der Waals surface area contributed by atoms with Crippen molar-refractivity contribution in [3.05, 3.63) is 34.9 Å². The summed E-state index contributed by atoms with van der Waals surface area (Å²) in [7, 11) is 0. The smallest absolute Gasteiger partial charge is 0.0861 e. The van der Waals surface area contributed by atoms with Crippen LogP contribution in [0.5, 0.6) is 0 Å². The van der Waals surface area contributed by atoms with Gasteiger partial charge in [0.05, 0.1) is 12.7 Å². The molecule has 2 N–H and O–H groups in total. The first-order valence-corrected chi connectivity index (χ1v) is 6.21. The van der Waals surface area contributed by atoms with Crippen LogP contribution in [-0.4, -0.2) is 28.7 Å². The van der Waals surface area contributed by atoms with Gasteiger partial charge in [0.1, 0.15) is 0 Å². The summed E-state index contributed by atoms with van der Waals surface area (Å²) in [6.45, 7) is 4.02. The van der Waals surface area contributed by atoms with Crippen LogP contribution in [0.3, 0.4) is 0 Å². The number of aliphatic hydroxyl groups is 2. The van der Waals surface area contributed by atoms with Gasteiger partial charge in [-0.3, -0.25) is 0 Å². The van der Waals surface area contributed by atoms with E-state index in [-0.39, 0.29) is 6.61 Å². The van der Waals surface area contributed by atoms with Crippen molar-refractivity contribution >= 4 is 11.8 Å². The highest BCUT2D eigenvalue weighted by Crippen LogP contribution is 2.16. The summed E-state index contributed by atoms with van der Waals surface area (Å²) in [4.78, 5) is 0. The molecule has 84 valence electrons. The molecule has 3 heteroatoms. The molecule has 1 unspecified atom stereocenters. The van der Waals surface area contributed by atoms with E-state index in [1.807, 2.05) is 0 Å². The molecule has 0 amide bonds. The molecule has 1 rings (SSSR count). The largest absolute Gasteiger partial charge is 0.394 e. The minimum Gasteiger partial charge on any atom is -0.394 e. The Balaban J connectivity index is 2.43. The first kappa shape index (κ1) is 12.6. The van der Waals surface area contributed by atoms with E-state index in [9.17, 15) is 5.11 Å². The zero-order valence-corrected chi connectivity index (χ0v) is 10.0. The van der Waals surface area contributed by atoms with E-state index in [0.717, 1.165) is 5.75 Å². The summed E-state index contributed by atoms with van der Waals surface area (Å²) in [6.07, 6.45) is -0.596. The predicted octanol–water partition coefficient (Wildman–Crippen LogP) is 1.89. The minimum absolute atomic E-state index is 0.153. The highest BCUT2D eigenvalue weighted by Gasteiger charge is 2.02. The predicted molar refractivity (Wildman–Crippen MR) is 65.2 cm³/mol. The van der Waals surface area contributed by atoms with Crippen molar-refractivity contribution in [1.82, 2.24) is 0 Å². The average Bonchev–Trinajstić information content (AvgIpc) is 2.16. The second-order valence-corrected chi connectivity index (χ2v) is 4.88. The van der Waals surface area contributed by atoms with Crippen molar-refractivity contribution in [2.24, 2.45) is 0 Å². The monoisotopic (exact) mass is 226 g/mol. The fourth-order valence-corrected chi connectivity index (χ4v) is 2.42. The van der Waals surface area contributed by atoms with Gasteiger partial charge in [-0.25, -0.2) is 0 Å². The maximum absolute atomic E-state index is 9.17. The highest BCUT2D eigenvalue weighted by atomic mass is 32.2. The maximum atomic E-state index is 9.17. The lowest BCUT2D eigenvalue weighted by atomic mass is 10.1. The van der Waals surface area contributed by atoms with Crippen LogP contribution in [0.25, 0.3) is 0 Å².